The van der Waals surface area contributed by atoms with Gasteiger partial charge < -0.3 is 4.42 Å². The van der Waals surface area contributed by atoms with Crippen molar-refractivity contribution >= 4 is 49.5 Å². The average Bonchev–Trinajstić information content (AvgIpc) is 2.29. The van der Waals surface area contributed by atoms with Gasteiger partial charge >= 0.3 is 0 Å². The highest BCUT2D eigenvalue weighted by atomic mass is 127. The number of rotatable bonds is 0. The third-order valence-electron chi connectivity index (χ3n) is 1.66. The minimum Gasteiger partial charge on any atom is -0.460 e. The summed E-state index contributed by atoms with van der Waals surface area (Å²) in [5.74, 6) is 0.959. The van der Waals surface area contributed by atoms with E-state index in [2.05, 4.69) is 44.6 Å². The van der Waals surface area contributed by atoms with Crippen molar-refractivity contribution in [2.45, 2.75) is 6.92 Å². The Morgan fingerprint density at radius 3 is 2.83 bits per heavy atom. The van der Waals surface area contributed by atoms with Gasteiger partial charge in [0.05, 0.1) is 3.57 Å². The number of aryl methyl sites for hydroxylation is 1. The van der Waals surface area contributed by atoms with Crippen molar-refractivity contribution in [3.8, 4) is 0 Å². The topological polar surface area (TPSA) is 13.1 Å². The van der Waals surface area contributed by atoms with Crippen LogP contribution >= 0.6 is 38.5 Å². The van der Waals surface area contributed by atoms with Gasteiger partial charge in [0.1, 0.15) is 11.3 Å². The van der Waals surface area contributed by atoms with E-state index in [0.717, 1.165) is 24.8 Å². The summed E-state index contributed by atoms with van der Waals surface area (Å²) in [7, 11) is 0. The Balaban J connectivity index is 2.88. The largest absolute Gasteiger partial charge is 0.460 e. The van der Waals surface area contributed by atoms with Crippen LogP contribution in [0.2, 0.25) is 0 Å². The molecule has 0 aliphatic heterocycles. The maximum absolute atomic E-state index is 5.53. The molecule has 0 saturated heterocycles. The molecule has 0 atom stereocenters. The first kappa shape index (κ1) is 8.56. The van der Waals surface area contributed by atoms with E-state index in [9.17, 15) is 0 Å². The summed E-state index contributed by atoms with van der Waals surface area (Å²) in [6.07, 6.45) is 0. The van der Waals surface area contributed by atoms with Gasteiger partial charge in [0.25, 0.3) is 0 Å². The number of halogens is 2. The molecular formula is C9H6BrIO. The molecule has 12 heavy (non-hydrogen) atoms. The lowest BCUT2D eigenvalue weighted by Crippen LogP contribution is -1.72. The number of fused-ring (bicyclic) bond motifs is 1. The summed E-state index contributed by atoms with van der Waals surface area (Å²) in [5.41, 5.74) is 0.983. The Hall–Kier alpha value is -0.0300. The molecule has 1 aromatic heterocycles. The Bertz CT molecular complexity index is 433. The smallest absolute Gasteiger partial charge is 0.147 e. The van der Waals surface area contributed by atoms with Crippen molar-refractivity contribution in [3.05, 3.63) is 32.0 Å². The Morgan fingerprint density at radius 2 is 2.08 bits per heavy atom. The minimum absolute atomic E-state index is 0.959. The van der Waals surface area contributed by atoms with E-state index in [1.54, 1.807) is 0 Å². The molecule has 0 radical (unpaired) electrons. The maximum atomic E-state index is 5.53. The van der Waals surface area contributed by atoms with Crippen molar-refractivity contribution in [2.24, 2.45) is 0 Å². The maximum Gasteiger partial charge on any atom is 0.147 e. The molecule has 1 nitrogen and oxygen atoms in total. The second-order valence-electron chi connectivity index (χ2n) is 2.66. The first-order valence-electron chi connectivity index (χ1n) is 3.52. The van der Waals surface area contributed by atoms with Crippen molar-refractivity contribution in [1.82, 2.24) is 0 Å². The van der Waals surface area contributed by atoms with E-state index in [0.29, 0.717) is 0 Å². The van der Waals surface area contributed by atoms with Crippen molar-refractivity contribution in [3.63, 3.8) is 0 Å². The van der Waals surface area contributed by atoms with Gasteiger partial charge in [0, 0.05) is 9.86 Å². The standard InChI is InChI=1S/C9H6BrIO/c1-5-2-6-3-7(10)4-8(11)9(6)12-5/h2-4H,1H3. The Morgan fingerprint density at radius 1 is 1.33 bits per heavy atom. The van der Waals surface area contributed by atoms with E-state index in [4.69, 9.17) is 4.42 Å². The average molecular weight is 337 g/mol. The summed E-state index contributed by atoms with van der Waals surface area (Å²) >= 11 is 5.72. The molecule has 0 aliphatic rings. The van der Waals surface area contributed by atoms with Gasteiger partial charge in [-0.15, -0.1) is 0 Å². The zero-order valence-electron chi connectivity index (χ0n) is 6.40. The zero-order valence-corrected chi connectivity index (χ0v) is 10.1. The van der Waals surface area contributed by atoms with Crippen molar-refractivity contribution in [1.29, 1.82) is 0 Å². The van der Waals surface area contributed by atoms with Gasteiger partial charge in [0.15, 0.2) is 0 Å². The molecule has 0 aliphatic carbocycles. The number of hydrogen-bond donors (Lipinski definition) is 0. The van der Waals surface area contributed by atoms with Crippen LogP contribution < -0.4 is 0 Å². The summed E-state index contributed by atoms with van der Waals surface area (Å²) in [4.78, 5) is 0. The second kappa shape index (κ2) is 3.03. The lowest BCUT2D eigenvalue weighted by Gasteiger charge is -1.93. The number of furan rings is 1. The normalized spacial score (nSPS) is 10.9. The zero-order chi connectivity index (χ0) is 8.72. The van der Waals surface area contributed by atoms with Gasteiger partial charge in [-0.1, -0.05) is 15.9 Å². The van der Waals surface area contributed by atoms with Gasteiger partial charge in [0.2, 0.25) is 0 Å². The van der Waals surface area contributed by atoms with E-state index in [-0.39, 0.29) is 0 Å². The van der Waals surface area contributed by atoms with Crippen LogP contribution in [-0.2, 0) is 0 Å². The van der Waals surface area contributed by atoms with Crippen LogP contribution in [0.5, 0.6) is 0 Å². The molecule has 0 spiro atoms. The van der Waals surface area contributed by atoms with Gasteiger partial charge in [-0.25, -0.2) is 0 Å². The van der Waals surface area contributed by atoms with Crippen LogP contribution in [0, 0.1) is 10.5 Å². The quantitative estimate of drug-likeness (QED) is 0.660. The van der Waals surface area contributed by atoms with Crippen LogP contribution in [0.3, 0.4) is 0 Å². The third-order valence-corrected chi connectivity index (χ3v) is 2.92. The molecular weight excluding hydrogens is 331 g/mol. The van der Waals surface area contributed by atoms with Crippen LogP contribution in [0.1, 0.15) is 5.76 Å². The highest BCUT2D eigenvalue weighted by molar-refractivity contribution is 14.1. The predicted molar refractivity (Wildman–Crippen MR) is 61.4 cm³/mol. The van der Waals surface area contributed by atoms with Crippen LogP contribution in [0.15, 0.2) is 27.1 Å². The molecule has 0 unspecified atom stereocenters. The first-order valence-corrected chi connectivity index (χ1v) is 5.39. The lowest BCUT2D eigenvalue weighted by molar-refractivity contribution is 0.577. The fraction of sp³-hybridized carbons (Fsp3) is 0.111. The highest BCUT2D eigenvalue weighted by Gasteiger charge is 2.04. The molecule has 1 aromatic carbocycles. The summed E-state index contributed by atoms with van der Waals surface area (Å²) in [6, 6.07) is 6.15. The molecule has 2 rings (SSSR count). The van der Waals surface area contributed by atoms with Crippen LogP contribution in [0.4, 0.5) is 0 Å². The van der Waals surface area contributed by atoms with E-state index in [1.165, 1.54) is 0 Å². The fourth-order valence-electron chi connectivity index (χ4n) is 1.20. The SMILES string of the molecule is Cc1cc2cc(Br)cc(I)c2o1. The van der Waals surface area contributed by atoms with Crippen LogP contribution in [0.25, 0.3) is 11.0 Å². The number of hydrogen-bond acceptors (Lipinski definition) is 1. The second-order valence-corrected chi connectivity index (χ2v) is 4.74. The highest BCUT2D eigenvalue weighted by Crippen LogP contribution is 2.27. The molecule has 0 saturated carbocycles. The molecule has 0 fully saturated rings. The van der Waals surface area contributed by atoms with Crippen molar-refractivity contribution in [2.75, 3.05) is 0 Å². The van der Waals surface area contributed by atoms with Gasteiger partial charge in [-0.05, 0) is 47.7 Å². The first-order chi connectivity index (χ1) is 5.66. The molecule has 1 heterocycles. The monoisotopic (exact) mass is 336 g/mol. The fourth-order valence-corrected chi connectivity index (χ4v) is 2.87. The lowest BCUT2D eigenvalue weighted by atomic mass is 10.2. The third kappa shape index (κ3) is 1.40. The minimum atomic E-state index is 0.959. The predicted octanol–water partition coefficient (Wildman–Crippen LogP) is 4.11. The molecule has 62 valence electrons. The van der Waals surface area contributed by atoms with Gasteiger partial charge in [-0.3, -0.25) is 0 Å². The van der Waals surface area contributed by atoms with E-state index < -0.39 is 0 Å². The summed E-state index contributed by atoms with van der Waals surface area (Å²) in [5, 5.41) is 1.16. The van der Waals surface area contributed by atoms with Gasteiger partial charge in [-0.2, -0.15) is 0 Å². The van der Waals surface area contributed by atoms with E-state index in [1.807, 2.05) is 19.1 Å². The van der Waals surface area contributed by atoms with Crippen LogP contribution in [-0.4, -0.2) is 0 Å². The Labute approximate surface area is 92.4 Å². The summed E-state index contributed by atoms with van der Waals surface area (Å²) in [6.45, 7) is 1.96. The Kier molecular flexibility index (Phi) is 2.16. The number of benzene rings is 1. The molecule has 3 heteroatoms. The molecule has 0 bridgehead atoms. The van der Waals surface area contributed by atoms with E-state index >= 15 is 0 Å². The van der Waals surface area contributed by atoms with Crippen molar-refractivity contribution < 1.29 is 4.42 Å². The molecule has 2 aromatic rings. The molecule has 0 N–H and O–H groups in total. The molecule has 0 amide bonds. The summed E-state index contributed by atoms with van der Waals surface area (Å²) < 4.78 is 7.77.